The number of hydrogen-bond acceptors (Lipinski definition) is 2. The highest BCUT2D eigenvalue weighted by atomic mass is 16.1. The third kappa shape index (κ3) is 2.55. The number of rotatable bonds is 4. The molecular weight excluding hydrogens is 236 g/mol. The first-order valence-corrected chi connectivity index (χ1v) is 6.33. The Balaban J connectivity index is 1.77. The molecule has 0 amide bonds. The topological polar surface area (TPSA) is 45.8 Å². The SMILES string of the molecule is O=C(CCc1ncc[nH]1)c1ccc2ccccc2c1. The van der Waals surface area contributed by atoms with Crippen molar-refractivity contribution in [2.24, 2.45) is 0 Å². The number of hydrogen-bond donors (Lipinski definition) is 1. The second-order valence-electron chi connectivity index (χ2n) is 4.52. The Labute approximate surface area is 111 Å². The van der Waals surface area contributed by atoms with Gasteiger partial charge in [-0.05, 0) is 16.8 Å². The molecule has 0 aliphatic heterocycles. The molecule has 0 unspecified atom stereocenters. The number of carbonyl (C=O) groups is 1. The number of benzene rings is 2. The molecule has 0 aliphatic rings. The lowest BCUT2D eigenvalue weighted by molar-refractivity contribution is 0.0982. The maximum absolute atomic E-state index is 12.1. The Kier molecular flexibility index (Phi) is 3.11. The fourth-order valence-electron chi connectivity index (χ4n) is 2.17. The zero-order valence-corrected chi connectivity index (χ0v) is 10.5. The van der Waals surface area contributed by atoms with Crippen molar-refractivity contribution in [1.82, 2.24) is 9.97 Å². The Bertz CT molecular complexity index is 702. The summed E-state index contributed by atoms with van der Waals surface area (Å²) < 4.78 is 0. The first kappa shape index (κ1) is 11.7. The lowest BCUT2D eigenvalue weighted by atomic mass is 10.0. The number of Topliss-reactive ketones (excluding diaryl/α,β-unsaturated/α-hetero) is 1. The summed E-state index contributed by atoms with van der Waals surface area (Å²) in [5.41, 5.74) is 0.769. The van der Waals surface area contributed by atoms with Crippen molar-refractivity contribution < 1.29 is 4.79 Å². The lowest BCUT2D eigenvalue weighted by Gasteiger charge is -2.02. The third-order valence-electron chi connectivity index (χ3n) is 3.22. The summed E-state index contributed by atoms with van der Waals surface area (Å²) >= 11 is 0. The van der Waals surface area contributed by atoms with Crippen molar-refractivity contribution in [3.8, 4) is 0 Å². The number of imidazole rings is 1. The van der Waals surface area contributed by atoms with E-state index in [1.165, 1.54) is 0 Å². The third-order valence-corrected chi connectivity index (χ3v) is 3.22. The highest BCUT2D eigenvalue weighted by molar-refractivity contribution is 5.99. The van der Waals surface area contributed by atoms with Gasteiger partial charge in [-0.2, -0.15) is 0 Å². The van der Waals surface area contributed by atoms with Crippen LogP contribution in [0.2, 0.25) is 0 Å². The molecule has 0 atom stereocenters. The van der Waals surface area contributed by atoms with Gasteiger partial charge in [0, 0.05) is 30.8 Å². The fourth-order valence-corrected chi connectivity index (χ4v) is 2.17. The molecule has 3 aromatic rings. The standard InChI is InChI=1S/C16H14N2O/c19-15(7-8-16-17-9-10-18-16)14-6-5-12-3-1-2-4-13(12)11-14/h1-6,9-11H,7-8H2,(H,17,18). The van der Waals surface area contributed by atoms with Gasteiger partial charge in [-0.1, -0.05) is 36.4 Å². The van der Waals surface area contributed by atoms with Gasteiger partial charge < -0.3 is 4.98 Å². The minimum absolute atomic E-state index is 0.155. The van der Waals surface area contributed by atoms with Gasteiger partial charge in [-0.25, -0.2) is 4.98 Å². The van der Waals surface area contributed by atoms with Crippen LogP contribution < -0.4 is 0 Å². The first-order chi connectivity index (χ1) is 9.33. The Morgan fingerprint density at radius 1 is 1.11 bits per heavy atom. The van der Waals surface area contributed by atoms with Gasteiger partial charge in [0.05, 0.1) is 0 Å². The second-order valence-corrected chi connectivity index (χ2v) is 4.52. The average molecular weight is 250 g/mol. The summed E-state index contributed by atoms with van der Waals surface area (Å²) in [6, 6.07) is 13.9. The van der Waals surface area contributed by atoms with Crippen LogP contribution in [0, 0.1) is 0 Å². The number of nitrogens with one attached hydrogen (secondary N) is 1. The Morgan fingerprint density at radius 2 is 1.95 bits per heavy atom. The average Bonchev–Trinajstić information content (AvgIpc) is 2.97. The van der Waals surface area contributed by atoms with Crippen molar-refractivity contribution in [2.45, 2.75) is 12.8 Å². The summed E-state index contributed by atoms with van der Waals surface area (Å²) in [7, 11) is 0. The molecule has 0 aliphatic carbocycles. The number of fused-ring (bicyclic) bond motifs is 1. The molecule has 3 heteroatoms. The summed E-state index contributed by atoms with van der Waals surface area (Å²) in [6.07, 6.45) is 4.61. The number of aromatic nitrogens is 2. The normalized spacial score (nSPS) is 10.7. The molecule has 3 rings (SSSR count). The van der Waals surface area contributed by atoms with Crippen LogP contribution in [0.1, 0.15) is 22.6 Å². The largest absolute Gasteiger partial charge is 0.349 e. The van der Waals surface area contributed by atoms with Gasteiger partial charge in [-0.3, -0.25) is 4.79 Å². The van der Waals surface area contributed by atoms with Crippen molar-refractivity contribution in [3.05, 3.63) is 66.2 Å². The predicted molar refractivity (Wildman–Crippen MR) is 75.2 cm³/mol. The van der Waals surface area contributed by atoms with Gasteiger partial charge >= 0.3 is 0 Å². The molecule has 94 valence electrons. The molecule has 0 spiro atoms. The molecule has 19 heavy (non-hydrogen) atoms. The van der Waals surface area contributed by atoms with E-state index in [0.717, 1.165) is 22.2 Å². The van der Waals surface area contributed by atoms with Gasteiger partial charge in [-0.15, -0.1) is 0 Å². The minimum Gasteiger partial charge on any atom is -0.349 e. The van der Waals surface area contributed by atoms with Crippen molar-refractivity contribution in [1.29, 1.82) is 0 Å². The summed E-state index contributed by atoms with van der Waals surface area (Å²) in [6.45, 7) is 0. The summed E-state index contributed by atoms with van der Waals surface area (Å²) in [4.78, 5) is 19.3. The molecule has 3 nitrogen and oxygen atoms in total. The van der Waals surface area contributed by atoms with Crippen LogP contribution in [-0.2, 0) is 6.42 Å². The molecular formula is C16H14N2O. The van der Waals surface area contributed by atoms with E-state index in [1.54, 1.807) is 12.4 Å². The molecule has 0 fully saturated rings. The van der Waals surface area contributed by atoms with E-state index in [2.05, 4.69) is 9.97 Å². The number of nitrogens with zero attached hydrogens (tertiary/aromatic N) is 1. The van der Waals surface area contributed by atoms with E-state index in [1.807, 2.05) is 42.5 Å². The Morgan fingerprint density at radius 3 is 2.74 bits per heavy atom. The smallest absolute Gasteiger partial charge is 0.163 e. The number of carbonyl (C=O) groups excluding carboxylic acids is 1. The minimum atomic E-state index is 0.155. The molecule has 1 heterocycles. The summed E-state index contributed by atoms with van der Waals surface area (Å²) in [5, 5.41) is 2.26. The quantitative estimate of drug-likeness (QED) is 0.721. The molecule has 0 saturated carbocycles. The molecule has 1 N–H and O–H groups in total. The van der Waals surface area contributed by atoms with Gasteiger partial charge in [0.2, 0.25) is 0 Å². The van der Waals surface area contributed by atoms with Crippen LogP contribution in [0.5, 0.6) is 0 Å². The first-order valence-electron chi connectivity index (χ1n) is 6.33. The molecule has 0 saturated heterocycles. The number of aryl methyl sites for hydroxylation is 1. The van der Waals surface area contributed by atoms with E-state index in [0.29, 0.717) is 12.8 Å². The van der Waals surface area contributed by atoms with Crippen molar-refractivity contribution >= 4 is 16.6 Å². The van der Waals surface area contributed by atoms with Gasteiger partial charge in [0.25, 0.3) is 0 Å². The summed E-state index contributed by atoms with van der Waals surface area (Å²) in [5.74, 6) is 1.01. The van der Waals surface area contributed by atoms with Crippen molar-refractivity contribution in [2.75, 3.05) is 0 Å². The molecule has 0 bridgehead atoms. The van der Waals surface area contributed by atoms with Crippen LogP contribution in [0.15, 0.2) is 54.9 Å². The predicted octanol–water partition coefficient (Wildman–Crippen LogP) is 3.38. The van der Waals surface area contributed by atoms with Crippen LogP contribution in [0.3, 0.4) is 0 Å². The maximum Gasteiger partial charge on any atom is 0.163 e. The lowest BCUT2D eigenvalue weighted by Crippen LogP contribution is -2.02. The number of aromatic amines is 1. The van der Waals surface area contributed by atoms with Gasteiger partial charge in [0.1, 0.15) is 5.82 Å². The van der Waals surface area contributed by atoms with E-state index in [-0.39, 0.29) is 5.78 Å². The zero-order chi connectivity index (χ0) is 13.1. The van der Waals surface area contributed by atoms with Crippen LogP contribution >= 0.6 is 0 Å². The number of ketones is 1. The monoisotopic (exact) mass is 250 g/mol. The van der Waals surface area contributed by atoms with Crippen molar-refractivity contribution in [3.63, 3.8) is 0 Å². The van der Waals surface area contributed by atoms with E-state index >= 15 is 0 Å². The van der Waals surface area contributed by atoms with E-state index in [4.69, 9.17) is 0 Å². The van der Waals surface area contributed by atoms with Gasteiger partial charge in [0.15, 0.2) is 5.78 Å². The van der Waals surface area contributed by atoms with Crippen LogP contribution in [-0.4, -0.2) is 15.8 Å². The molecule has 2 aromatic carbocycles. The highest BCUT2D eigenvalue weighted by Crippen LogP contribution is 2.17. The maximum atomic E-state index is 12.1. The molecule has 0 radical (unpaired) electrons. The van der Waals surface area contributed by atoms with E-state index < -0.39 is 0 Å². The van der Waals surface area contributed by atoms with E-state index in [9.17, 15) is 4.79 Å². The zero-order valence-electron chi connectivity index (χ0n) is 10.5. The Hall–Kier alpha value is -2.42. The fraction of sp³-hybridized carbons (Fsp3) is 0.125. The molecule has 1 aromatic heterocycles. The second kappa shape index (κ2) is 5.06. The van der Waals surface area contributed by atoms with Crippen LogP contribution in [0.25, 0.3) is 10.8 Å². The van der Waals surface area contributed by atoms with Crippen LogP contribution in [0.4, 0.5) is 0 Å². The highest BCUT2D eigenvalue weighted by Gasteiger charge is 2.07. The number of H-pyrrole nitrogens is 1.